The third-order valence-corrected chi connectivity index (χ3v) is 3.89. The van der Waals surface area contributed by atoms with E-state index in [9.17, 15) is 5.11 Å². The van der Waals surface area contributed by atoms with E-state index in [1.807, 2.05) is 5.38 Å². The summed E-state index contributed by atoms with van der Waals surface area (Å²) in [5.74, 6) is 0. The average Bonchev–Trinajstić information content (AvgIpc) is 2.74. The van der Waals surface area contributed by atoms with Crippen molar-refractivity contribution < 1.29 is 5.11 Å². The predicted octanol–water partition coefficient (Wildman–Crippen LogP) is 3.50. The van der Waals surface area contributed by atoms with Crippen LogP contribution in [0.4, 0.5) is 0 Å². The zero-order valence-corrected chi connectivity index (χ0v) is 11.7. The average molecular weight is 344 g/mol. The first-order chi connectivity index (χ1) is 7.74. The van der Waals surface area contributed by atoms with Crippen molar-refractivity contribution >= 4 is 33.9 Å². The molecular formula is C13H13IOS. The van der Waals surface area contributed by atoms with Crippen LogP contribution in [-0.2, 0) is 12.8 Å². The second-order valence-electron chi connectivity index (χ2n) is 3.82. The van der Waals surface area contributed by atoms with E-state index < -0.39 is 0 Å². The first-order valence-electron chi connectivity index (χ1n) is 5.17. The highest BCUT2D eigenvalue weighted by Gasteiger charge is 2.07. The van der Waals surface area contributed by atoms with Crippen molar-refractivity contribution in [2.75, 3.05) is 0 Å². The Morgan fingerprint density at radius 2 is 1.75 bits per heavy atom. The van der Waals surface area contributed by atoms with E-state index in [-0.39, 0.29) is 6.10 Å². The molecule has 0 saturated carbocycles. The van der Waals surface area contributed by atoms with E-state index in [0.717, 1.165) is 12.8 Å². The number of halogens is 1. The first-order valence-corrected chi connectivity index (χ1v) is 7.20. The Labute approximate surface area is 113 Å². The predicted molar refractivity (Wildman–Crippen MR) is 76.9 cm³/mol. The summed E-state index contributed by atoms with van der Waals surface area (Å²) in [5, 5.41) is 14.1. The van der Waals surface area contributed by atoms with E-state index in [4.69, 9.17) is 0 Å². The largest absolute Gasteiger partial charge is 0.392 e. The summed E-state index contributed by atoms with van der Waals surface area (Å²) in [6.07, 6.45) is 1.19. The third-order valence-electron chi connectivity index (χ3n) is 2.44. The topological polar surface area (TPSA) is 20.2 Å². The minimum Gasteiger partial charge on any atom is -0.392 e. The molecule has 2 rings (SSSR count). The minimum absolute atomic E-state index is 0.283. The molecule has 0 fully saturated rings. The summed E-state index contributed by atoms with van der Waals surface area (Å²) in [6.45, 7) is 0. The fraction of sp³-hybridized carbons (Fsp3) is 0.231. The maximum atomic E-state index is 9.95. The highest BCUT2D eigenvalue weighted by Crippen LogP contribution is 2.13. The maximum Gasteiger partial charge on any atom is 0.0621 e. The molecule has 1 atom stereocenters. The van der Waals surface area contributed by atoms with Crippen LogP contribution < -0.4 is 0 Å². The number of aliphatic hydroxyl groups excluding tert-OH is 1. The summed E-state index contributed by atoms with van der Waals surface area (Å²) < 4.78 is 1.23. The molecule has 84 valence electrons. The maximum absolute atomic E-state index is 9.95. The molecule has 0 spiro atoms. The van der Waals surface area contributed by atoms with Crippen LogP contribution in [0.3, 0.4) is 0 Å². The van der Waals surface area contributed by atoms with Crippen LogP contribution in [0.25, 0.3) is 0 Å². The molecule has 1 unspecified atom stereocenters. The molecule has 3 heteroatoms. The number of aliphatic hydroxyl groups is 1. The van der Waals surface area contributed by atoms with E-state index in [0.29, 0.717) is 0 Å². The number of hydrogen-bond donors (Lipinski definition) is 1. The van der Waals surface area contributed by atoms with Crippen LogP contribution in [0, 0.1) is 3.57 Å². The van der Waals surface area contributed by atoms with Crippen molar-refractivity contribution in [3.8, 4) is 0 Å². The Bertz CT molecular complexity index is 422. The Morgan fingerprint density at radius 1 is 1.06 bits per heavy atom. The number of thiophene rings is 1. The molecule has 0 bridgehead atoms. The van der Waals surface area contributed by atoms with Gasteiger partial charge in [-0.05, 0) is 75.5 Å². The quantitative estimate of drug-likeness (QED) is 0.842. The van der Waals surface area contributed by atoms with Crippen LogP contribution in [-0.4, -0.2) is 11.2 Å². The molecule has 0 aliphatic rings. The summed E-state index contributed by atoms with van der Waals surface area (Å²) in [6, 6.07) is 10.4. The number of benzene rings is 1. The molecule has 1 heterocycles. The van der Waals surface area contributed by atoms with Crippen molar-refractivity contribution in [2.24, 2.45) is 0 Å². The third kappa shape index (κ3) is 3.57. The molecule has 0 aliphatic heterocycles. The Kier molecular flexibility index (Phi) is 4.37. The molecule has 16 heavy (non-hydrogen) atoms. The van der Waals surface area contributed by atoms with Crippen LogP contribution in [0.1, 0.15) is 11.1 Å². The highest BCUT2D eigenvalue weighted by molar-refractivity contribution is 14.1. The molecule has 0 saturated heterocycles. The second kappa shape index (κ2) is 5.80. The molecule has 0 radical (unpaired) electrons. The van der Waals surface area contributed by atoms with Crippen LogP contribution >= 0.6 is 33.9 Å². The van der Waals surface area contributed by atoms with Crippen LogP contribution in [0.5, 0.6) is 0 Å². The van der Waals surface area contributed by atoms with Gasteiger partial charge in [0.15, 0.2) is 0 Å². The van der Waals surface area contributed by atoms with Gasteiger partial charge < -0.3 is 5.11 Å². The van der Waals surface area contributed by atoms with Gasteiger partial charge in [-0.15, -0.1) is 0 Å². The fourth-order valence-corrected chi connectivity index (χ4v) is 2.69. The lowest BCUT2D eigenvalue weighted by Gasteiger charge is -2.09. The first kappa shape index (κ1) is 12.1. The summed E-state index contributed by atoms with van der Waals surface area (Å²) in [4.78, 5) is 0. The molecule has 1 N–H and O–H groups in total. The molecule has 1 nitrogen and oxygen atoms in total. The van der Waals surface area contributed by atoms with Gasteiger partial charge in [-0.25, -0.2) is 0 Å². The van der Waals surface area contributed by atoms with Crippen molar-refractivity contribution in [1.82, 2.24) is 0 Å². The van der Waals surface area contributed by atoms with Gasteiger partial charge in [0.05, 0.1) is 6.10 Å². The molecular weight excluding hydrogens is 331 g/mol. The molecule has 1 aromatic carbocycles. The van der Waals surface area contributed by atoms with Crippen molar-refractivity contribution in [1.29, 1.82) is 0 Å². The Hall–Kier alpha value is -0.390. The van der Waals surface area contributed by atoms with E-state index >= 15 is 0 Å². The summed E-state index contributed by atoms with van der Waals surface area (Å²) in [5.41, 5.74) is 2.42. The molecule has 0 aliphatic carbocycles. The zero-order valence-electron chi connectivity index (χ0n) is 8.77. The van der Waals surface area contributed by atoms with Gasteiger partial charge in [0.1, 0.15) is 0 Å². The van der Waals surface area contributed by atoms with Crippen LogP contribution in [0.2, 0.25) is 0 Å². The normalized spacial score (nSPS) is 12.6. The fourth-order valence-electron chi connectivity index (χ4n) is 1.65. The smallest absolute Gasteiger partial charge is 0.0621 e. The Morgan fingerprint density at radius 3 is 2.38 bits per heavy atom. The van der Waals surface area contributed by atoms with E-state index in [2.05, 4.69) is 58.3 Å². The highest BCUT2D eigenvalue weighted by atomic mass is 127. The lowest BCUT2D eigenvalue weighted by Crippen LogP contribution is -2.13. The lowest BCUT2D eigenvalue weighted by atomic mass is 10.0. The Balaban J connectivity index is 1.92. The van der Waals surface area contributed by atoms with Gasteiger partial charge >= 0.3 is 0 Å². The van der Waals surface area contributed by atoms with Gasteiger partial charge in [0.25, 0.3) is 0 Å². The minimum atomic E-state index is -0.283. The summed E-state index contributed by atoms with van der Waals surface area (Å²) in [7, 11) is 0. The lowest BCUT2D eigenvalue weighted by molar-refractivity contribution is 0.175. The molecule has 1 aromatic heterocycles. The van der Waals surface area contributed by atoms with Crippen molar-refractivity contribution in [3.05, 3.63) is 55.8 Å². The van der Waals surface area contributed by atoms with Gasteiger partial charge in [-0.3, -0.25) is 0 Å². The number of hydrogen-bond acceptors (Lipinski definition) is 2. The standard InChI is InChI=1S/C13H13IOS/c14-12-3-1-10(2-4-12)7-13(15)8-11-5-6-16-9-11/h1-6,9,13,15H,7-8H2. The van der Waals surface area contributed by atoms with Crippen molar-refractivity contribution in [2.45, 2.75) is 18.9 Å². The van der Waals surface area contributed by atoms with Crippen LogP contribution in [0.15, 0.2) is 41.1 Å². The molecule has 2 aromatic rings. The van der Waals surface area contributed by atoms with Gasteiger partial charge in [0.2, 0.25) is 0 Å². The van der Waals surface area contributed by atoms with E-state index in [1.165, 1.54) is 14.7 Å². The molecule has 0 amide bonds. The van der Waals surface area contributed by atoms with Gasteiger partial charge in [-0.1, -0.05) is 12.1 Å². The van der Waals surface area contributed by atoms with Crippen molar-refractivity contribution in [3.63, 3.8) is 0 Å². The SMILES string of the molecule is OC(Cc1ccc(I)cc1)Cc1ccsc1. The van der Waals surface area contributed by atoms with Gasteiger partial charge in [0, 0.05) is 3.57 Å². The van der Waals surface area contributed by atoms with E-state index in [1.54, 1.807) is 11.3 Å². The van der Waals surface area contributed by atoms with Gasteiger partial charge in [-0.2, -0.15) is 11.3 Å². The zero-order chi connectivity index (χ0) is 11.4. The summed E-state index contributed by atoms with van der Waals surface area (Å²) >= 11 is 3.96. The monoisotopic (exact) mass is 344 g/mol. The second-order valence-corrected chi connectivity index (χ2v) is 5.85. The number of rotatable bonds is 4.